The number of anilines is 1. The first-order valence-electron chi connectivity index (χ1n) is 7.59. The number of hydrogen-bond acceptors (Lipinski definition) is 7. The summed E-state index contributed by atoms with van der Waals surface area (Å²) in [6, 6.07) is 7.59. The third-order valence-electron chi connectivity index (χ3n) is 3.54. The highest BCUT2D eigenvalue weighted by molar-refractivity contribution is 7.15. The van der Waals surface area contributed by atoms with Gasteiger partial charge in [0.15, 0.2) is 23.3 Å². The summed E-state index contributed by atoms with van der Waals surface area (Å²) in [4.78, 5) is 27.9. The van der Waals surface area contributed by atoms with E-state index in [0.717, 1.165) is 10.6 Å². The van der Waals surface area contributed by atoms with E-state index in [1.807, 2.05) is 13.8 Å². The summed E-state index contributed by atoms with van der Waals surface area (Å²) < 4.78 is 6.81. The molecule has 2 aromatic heterocycles. The smallest absolute Gasteiger partial charge is 0.311 e. The van der Waals surface area contributed by atoms with Crippen molar-refractivity contribution in [3.63, 3.8) is 0 Å². The summed E-state index contributed by atoms with van der Waals surface area (Å²) >= 11 is 1.39. The predicted octanol–water partition coefficient (Wildman–Crippen LogP) is 3.15. The van der Waals surface area contributed by atoms with Crippen LogP contribution in [-0.4, -0.2) is 25.6 Å². The fourth-order valence-electron chi connectivity index (χ4n) is 2.11. The second-order valence-corrected chi connectivity index (χ2v) is 6.56. The number of benzene rings is 1. The van der Waals surface area contributed by atoms with Crippen molar-refractivity contribution in [2.45, 2.75) is 20.6 Å². The van der Waals surface area contributed by atoms with Gasteiger partial charge in [0.25, 0.3) is 5.91 Å². The van der Waals surface area contributed by atoms with Gasteiger partial charge in [-0.15, -0.1) is 11.3 Å². The first kappa shape index (κ1) is 17.5. The Kier molecular flexibility index (Phi) is 4.94. The van der Waals surface area contributed by atoms with Crippen molar-refractivity contribution in [1.82, 2.24) is 14.8 Å². The van der Waals surface area contributed by atoms with Crippen molar-refractivity contribution >= 4 is 28.1 Å². The highest BCUT2D eigenvalue weighted by atomic mass is 32.1. The molecule has 26 heavy (non-hydrogen) atoms. The molecule has 0 bridgehead atoms. The zero-order chi connectivity index (χ0) is 18.7. The van der Waals surface area contributed by atoms with Gasteiger partial charge in [0.05, 0.1) is 10.6 Å². The number of nitro benzene ring substituents is 1. The van der Waals surface area contributed by atoms with Gasteiger partial charge >= 0.3 is 5.69 Å². The number of amides is 1. The summed E-state index contributed by atoms with van der Waals surface area (Å²) in [7, 11) is 0. The van der Waals surface area contributed by atoms with E-state index in [-0.39, 0.29) is 29.8 Å². The van der Waals surface area contributed by atoms with Gasteiger partial charge in [0.1, 0.15) is 0 Å². The van der Waals surface area contributed by atoms with Gasteiger partial charge in [-0.25, -0.2) is 9.67 Å². The Morgan fingerprint density at radius 2 is 2.12 bits per heavy atom. The number of rotatable bonds is 6. The molecule has 0 aliphatic carbocycles. The SMILES string of the molecule is Cc1nc(NC(=O)c2ccn(COc3ccccc3[N+](=O)[O-])n2)sc1C. The quantitative estimate of drug-likeness (QED) is 0.525. The van der Waals surface area contributed by atoms with Crippen LogP contribution in [0.25, 0.3) is 0 Å². The predicted molar refractivity (Wildman–Crippen MR) is 95.5 cm³/mol. The van der Waals surface area contributed by atoms with Crippen molar-refractivity contribution < 1.29 is 14.5 Å². The fraction of sp³-hybridized carbons (Fsp3) is 0.188. The lowest BCUT2D eigenvalue weighted by atomic mass is 10.3. The molecule has 3 rings (SSSR count). The summed E-state index contributed by atoms with van der Waals surface area (Å²) in [5, 5.41) is 18.3. The molecule has 1 amide bonds. The van der Waals surface area contributed by atoms with Crippen LogP contribution in [0.1, 0.15) is 21.1 Å². The third-order valence-corrected chi connectivity index (χ3v) is 4.52. The highest BCUT2D eigenvalue weighted by Gasteiger charge is 2.15. The molecule has 3 aromatic rings. The number of nitro groups is 1. The molecule has 10 heteroatoms. The normalized spacial score (nSPS) is 10.5. The lowest BCUT2D eigenvalue weighted by Gasteiger charge is -2.06. The van der Waals surface area contributed by atoms with Crippen molar-refractivity contribution in [2.24, 2.45) is 0 Å². The number of nitrogens with one attached hydrogen (secondary N) is 1. The zero-order valence-corrected chi connectivity index (χ0v) is 14.8. The van der Waals surface area contributed by atoms with Gasteiger partial charge in [-0.3, -0.25) is 20.2 Å². The van der Waals surface area contributed by atoms with Crippen molar-refractivity contribution in [1.29, 1.82) is 0 Å². The van der Waals surface area contributed by atoms with Gasteiger partial charge in [0, 0.05) is 17.1 Å². The lowest BCUT2D eigenvalue weighted by Crippen LogP contribution is -2.14. The van der Waals surface area contributed by atoms with Gasteiger partial charge in [0.2, 0.25) is 0 Å². The number of hydrogen-bond donors (Lipinski definition) is 1. The topological polar surface area (TPSA) is 112 Å². The molecule has 2 heterocycles. The second kappa shape index (κ2) is 7.31. The van der Waals surface area contributed by atoms with E-state index in [1.54, 1.807) is 18.3 Å². The highest BCUT2D eigenvalue weighted by Crippen LogP contribution is 2.26. The number of para-hydroxylation sites is 2. The summed E-state index contributed by atoms with van der Waals surface area (Å²) in [6.07, 6.45) is 1.56. The van der Waals surface area contributed by atoms with E-state index in [4.69, 9.17) is 4.74 Å². The molecule has 9 nitrogen and oxygen atoms in total. The van der Waals surface area contributed by atoms with Gasteiger partial charge < -0.3 is 4.74 Å². The molecule has 1 N–H and O–H groups in total. The zero-order valence-electron chi connectivity index (χ0n) is 14.0. The molecular weight excluding hydrogens is 358 g/mol. The Balaban J connectivity index is 1.64. The molecule has 0 fully saturated rings. The minimum Gasteiger partial charge on any atom is -0.464 e. The molecule has 134 valence electrons. The maximum Gasteiger partial charge on any atom is 0.311 e. The Morgan fingerprint density at radius 1 is 1.35 bits per heavy atom. The Labute approximate surface area is 152 Å². The first-order chi connectivity index (χ1) is 12.4. The Morgan fingerprint density at radius 3 is 2.81 bits per heavy atom. The third kappa shape index (κ3) is 3.86. The van der Waals surface area contributed by atoms with E-state index in [2.05, 4.69) is 15.4 Å². The minimum atomic E-state index is -0.519. The molecule has 0 radical (unpaired) electrons. The van der Waals surface area contributed by atoms with E-state index in [0.29, 0.717) is 5.13 Å². The summed E-state index contributed by atoms with van der Waals surface area (Å²) in [5.41, 5.74) is 0.933. The number of carbonyl (C=O) groups is 1. The first-order valence-corrected chi connectivity index (χ1v) is 8.41. The maximum atomic E-state index is 12.2. The van der Waals surface area contributed by atoms with Gasteiger partial charge in [-0.1, -0.05) is 12.1 Å². The minimum absolute atomic E-state index is 0.0619. The molecule has 0 saturated heterocycles. The van der Waals surface area contributed by atoms with E-state index >= 15 is 0 Å². The lowest BCUT2D eigenvalue weighted by molar-refractivity contribution is -0.386. The number of thiazole rings is 1. The van der Waals surface area contributed by atoms with E-state index < -0.39 is 4.92 Å². The number of aromatic nitrogens is 3. The summed E-state index contributed by atoms with van der Waals surface area (Å²) in [6.45, 7) is 3.74. The molecule has 0 aliphatic rings. The molecule has 1 aromatic carbocycles. The average molecular weight is 373 g/mol. The monoisotopic (exact) mass is 373 g/mol. The molecule has 0 saturated carbocycles. The average Bonchev–Trinajstić information content (AvgIpc) is 3.20. The van der Waals surface area contributed by atoms with Crippen molar-refractivity contribution in [2.75, 3.05) is 5.32 Å². The van der Waals surface area contributed by atoms with Crippen LogP contribution in [0.4, 0.5) is 10.8 Å². The van der Waals surface area contributed by atoms with Crippen LogP contribution in [-0.2, 0) is 6.73 Å². The molecular formula is C16H15N5O4S. The van der Waals surface area contributed by atoms with E-state index in [1.165, 1.54) is 34.2 Å². The maximum absolute atomic E-state index is 12.2. The molecule has 0 atom stereocenters. The van der Waals surface area contributed by atoms with Crippen molar-refractivity contribution in [3.05, 3.63) is 62.9 Å². The molecule has 0 spiro atoms. The number of carbonyl (C=O) groups excluding carboxylic acids is 1. The second-order valence-electron chi connectivity index (χ2n) is 5.35. The Hall–Kier alpha value is -3.27. The van der Waals surface area contributed by atoms with E-state index in [9.17, 15) is 14.9 Å². The van der Waals surface area contributed by atoms with Crippen molar-refractivity contribution in [3.8, 4) is 5.75 Å². The summed E-state index contributed by atoms with van der Waals surface area (Å²) in [5.74, 6) is -0.254. The van der Waals surface area contributed by atoms with Gasteiger partial charge in [-0.2, -0.15) is 5.10 Å². The van der Waals surface area contributed by atoms with Gasteiger partial charge in [-0.05, 0) is 26.0 Å². The van der Waals surface area contributed by atoms with Crippen LogP contribution in [0.15, 0.2) is 36.5 Å². The van der Waals surface area contributed by atoms with Crippen LogP contribution in [0.2, 0.25) is 0 Å². The standard InChI is InChI=1S/C16H15N5O4S/c1-10-11(2)26-16(17-10)18-15(22)12-7-8-20(19-12)9-25-14-6-4-3-5-13(14)21(23)24/h3-8H,9H2,1-2H3,(H,17,18,22). The van der Waals surface area contributed by atoms with Crippen LogP contribution < -0.4 is 10.1 Å². The fourth-order valence-corrected chi connectivity index (χ4v) is 2.92. The van der Waals surface area contributed by atoms with Crippen LogP contribution in [0.5, 0.6) is 5.75 Å². The van der Waals surface area contributed by atoms with Crippen LogP contribution >= 0.6 is 11.3 Å². The molecule has 0 unspecified atom stereocenters. The van der Waals surface area contributed by atoms with Crippen LogP contribution in [0.3, 0.4) is 0 Å². The Bertz CT molecular complexity index is 946. The molecule has 0 aliphatic heterocycles. The number of ether oxygens (including phenoxy) is 1. The number of nitrogens with zero attached hydrogens (tertiary/aromatic N) is 4. The number of aryl methyl sites for hydroxylation is 2. The largest absolute Gasteiger partial charge is 0.464 e. The van der Waals surface area contributed by atoms with Crippen LogP contribution in [0, 0.1) is 24.0 Å².